The molecule has 1 saturated carbocycles. The summed E-state index contributed by atoms with van der Waals surface area (Å²) in [4.78, 5) is 23.4. The number of benzene rings is 1. The highest BCUT2D eigenvalue weighted by molar-refractivity contribution is 6.35. The normalized spacial score (nSPS) is 28.0. The summed E-state index contributed by atoms with van der Waals surface area (Å²) in [5, 5.41) is 21.8. The fourth-order valence-corrected chi connectivity index (χ4v) is 2.88. The number of aliphatic carboxylic acids is 1. The Labute approximate surface area is 125 Å². The van der Waals surface area contributed by atoms with Gasteiger partial charge in [-0.2, -0.15) is 0 Å². The van der Waals surface area contributed by atoms with Crippen molar-refractivity contribution in [1.82, 2.24) is 0 Å². The first-order chi connectivity index (χ1) is 9.25. The van der Waals surface area contributed by atoms with Crippen LogP contribution >= 0.6 is 23.2 Å². The van der Waals surface area contributed by atoms with Gasteiger partial charge < -0.3 is 15.5 Å². The molecule has 7 heteroatoms. The Morgan fingerprint density at radius 1 is 1.30 bits per heavy atom. The van der Waals surface area contributed by atoms with Crippen LogP contribution in [0.1, 0.15) is 13.3 Å². The van der Waals surface area contributed by atoms with E-state index in [0.717, 1.165) is 0 Å². The van der Waals surface area contributed by atoms with Crippen molar-refractivity contribution in [3.8, 4) is 0 Å². The molecule has 1 aromatic rings. The summed E-state index contributed by atoms with van der Waals surface area (Å²) in [6, 6.07) is 4.51. The largest absolute Gasteiger partial charge is 0.481 e. The van der Waals surface area contributed by atoms with Crippen LogP contribution in [0, 0.1) is 10.8 Å². The number of amides is 1. The Morgan fingerprint density at radius 3 is 2.25 bits per heavy atom. The molecule has 1 amide bonds. The van der Waals surface area contributed by atoms with Gasteiger partial charge in [-0.25, -0.2) is 0 Å². The highest BCUT2D eigenvalue weighted by atomic mass is 35.5. The quantitative estimate of drug-likeness (QED) is 0.795. The van der Waals surface area contributed by atoms with Crippen molar-refractivity contribution in [3.05, 3.63) is 28.2 Å². The molecule has 0 bridgehead atoms. The molecular formula is C13H13Cl2NO4. The number of halogens is 2. The number of carboxylic acid groups (broad SMARTS) is 1. The summed E-state index contributed by atoms with van der Waals surface area (Å²) in [6.07, 6.45) is 0.0893. The van der Waals surface area contributed by atoms with Gasteiger partial charge in [0.05, 0.1) is 17.4 Å². The predicted octanol–water partition coefficient (Wildman–Crippen LogP) is 2.41. The Balaban J connectivity index is 2.22. The molecule has 0 radical (unpaired) electrons. The van der Waals surface area contributed by atoms with E-state index in [9.17, 15) is 14.7 Å². The van der Waals surface area contributed by atoms with Crippen molar-refractivity contribution in [1.29, 1.82) is 0 Å². The molecule has 1 aliphatic rings. The molecule has 1 aliphatic carbocycles. The third-order valence-electron chi connectivity index (χ3n) is 3.88. The van der Waals surface area contributed by atoms with E-state index in [1.165, 1.54) is 25.1 Å². The standard InChI is InChI=1S/C13H13Cl2NO4/c1-12(11(19)20)5-13(12,6-17)10(18)16-9-3-7(14)2-8(15)4-9/h2-4,17H,5-6H2,1H3,(H,16,18)(H,19,20). The van der Waals surface area contributed by atoms with Gasteiger partial charge in [0.2, 0.25) is 5.91 Å². The highest BCUT2D eigenvalue weighted by Gasteiger charge is 2.73. The number of aliphatic hydroxyl groups excluding tert-OH is 1. The SMILES string of the molecule is CC1(C(=O)O)CC1(CO)C(=O)Nc1cc(Cl)cc(Cl)c1. The first kappa shape index (κ1) is 15.1. The molecule has 3 N–H and O–H groups in total. The predicted molar refractivity (Wildman–Crippen MR) is 75.0 cm³/mol. The number of hydrogen-bond acceptors (Lipinski definition) is 3. The molecule has 2 atom stereocenters. The molecule has 20 heavy (non-hydrogen) atoms. The van der Waals surface area contributed by atoms with Crippen LogP contribution in [0.15, 0.2) is 18.2 Å². The average molecular weight is 318 g/mol. The van der Waals surface area contributed by atoms with Gasteiger partial charge in [-0.3, -0.25) is 9.59 Å². The molecule has 0 saturated heterocycles. The fourth-order valence-electron chi connectivity index (χ4n) is 2.35. The molecular weight excluding hydrogens is 305 g/mol. The average Bonchev–Trinajstić information content (AvgIpc) is 2.97. The molecule has 0 spiro atoms. The maximum absolute atomic E-state index is 12.2. The van der Waals surface area contributed by atoms with Crippen LogP contribution in [-0.4, -0.2) is 28.7 Å². The van der Waals surface area contributed by atoms with E-state index in [4.69, 9.17) is 28.3 Å². The second-order valence-corrected chi connectivity index (χ2v) is 6.04. The van der Waals surface area contributed by atoms with Crippen molar-refractivity contribution in [3.63, 3.8) is 0 Å². The molecule has 1 fully saturated rings. The molecule has 2 rings (SSSR count). The van der Waals surface area contributed by atoms with Gasteiger partial charge in [0.25, 0.3) is 0 Å². The summed E-state index contributed by atoms with van der Waals surface area (Å²) in [7, 11) is 0. The lowest BCUT2D eigenvalue weighted by atomic mass is 9.94. The summed E-state index contributed by atoms with van der Waals surface area (Å²) >= 11 is 11.6. The van der Waals surface area contributed by atoms with Crippen LogP contribution in [0.2, 0.25) is 10.0 Å². The summed E-state index contributed by atoms with van der Waals surface area (Å²) in [5.74, 6) is -1.66. The van der Waals surface area contributed by atoms with Crippen molar-refractivity contribution in [2.45, 2.75) is 13.3 Å². The Bertz CT molecular complexity index is 571. The number of aliphatic hydroxyl groups is 1. The zero-order valence-electron chi connectivity index (χ0n) is 10.6. The Morgan fingerprint density at radius 2 is 1.85 bits per heavy atom. The maximum Gasteiger partial charge on any atom is 0.310 e. The molecule has 1 aromatic carbocycles. The number of hydrogen-bond donors (Lipinski definition) is 3. The van der Waals surface area contributed by atoms with Gasteiger partial charge in [-0.1, -0.05) is 23.2 Å². The first-order valence-corrected chi connectivity index (χ1v) is 6.62. The minimum Gasteiger partial charge on any atom is -0.481 e. The van der Waals surface area contributed by atoms with Gasteiger partial charge in [0, 0.05) is 15.7 Å². The second kappa shape index (κ2) is 4.91. The van der Waals surface area contributed by atoms with Crippen molar-refractivity contribution in [2.75, 3.05) is 11.9 Å². The summed E-state index contributed by atoms with van der Waals surface area (Å²) in [6.45, 7) is 0.909. The molecule has 0 aromatic heterocycles. The second-order valence-electron chi connectivity index (χ2n) is 5.17. The lowest BCUT2D eigenvalue weighted by molar-refractivity contribution is -0.146. The van der Waals surface area contributed by atoms with E-state index >= 15 is 0 Å². The number of nitrogens with one attached hydrogen (secondary N) is 1. The van der Waals surface area contributed by atoms with E-state index in [1.54, 1.807) is 0 Å². The molecule has 0 aliphatic heterocycles. The van der Waals surface area contributed by atoms with Gasteiger partial charge in [0.1, 0.15) is 0 Å². The van der Waals surface area contributed by atoms with Crippen LogP contribution in [0.5, 0.6) is 0 Å². The van der Waals surface area contributed by atoms with Gasteiger partial charge in [-0.05, 0) is 31.5 Å². The third kappa shape index (κ3) is 2.26. The van der Waals surface area contributed by atoms with Crippen LogP contribution in [0.3, 0.4) is 0 Å². The van der Waals surface area contributed by atoms with Crippen LogP contribution < -0.4 is 5.32 Å². The van der Waals surface area contributed by atoms with Gasteiger partial charge in [-0.15, -0.1) is 0 Å². The monoisotopic (exact) mass is 317 g/mol. The number of carbonyl (C=O) groups excluding carboxylic acids is 1. The van der Waals surface area contributed by atoms with Gasteiger partial charge in [0.15, 0.2) is 0 Å². The number of rotatable bonds is 4. The van der Waals surface area contributed by atoms with Crippen molar-refractivity contribution in [2.24, 2.45) is 10.8 Å². The van der Waals surface area contributed by atoms with Crippen LogP contribution in [0.4, 0.5) is 5.69 Å². The molecule has 2 unspecified atom stereocenters. The number of carboxylic acids is 1. The van der Waals surface area contributed by atoms with Crippen LogP contribution in [-0.2, 0) is 9.59 Å². The van der Waals surface area contributed by atoms with E-state index in [-0.39, 0.29) is 6.42 Å². The first-order valence-electron chi connectivity index (χ1n) is 5.87. The minimum atomic E-state index is -1.31. The number of anilines is 1. The van der Waals surface area contributed by atoms with E-state index < -0.39 is 29.3 Å². The zero-order valence-corrected chi connectivity index (χ0v) is 12.1. The molecule has 5 nitrogen and oxygen atoms in total. The van der Waals surface area contributed by atoms with Crippen molar-refractivity contribution >= 4 is 40.8 Å². The number of carbonyl (C=O) groups is 2. The fraction of sp³-hybridized carbons (Fsp3) is 0.385. The van der Waals surface area contributed by atoms with Gasteiger partial charge >= 0.3 is 5.97 Å². The third-order valence-corrected chi connectivity index (χ3v) is 4.32. The van der Waals surface area contributed by atoms with E-state index in [1.807, 2.05) is 0 Å². The smallest absolute Gasteiger partial charge is 0.310 e. The zero-order chi connectivity index (χ0) is 15.1. The van der Waals surface area contributed by atoms with E-state index in [0.29, 0.717) is 15.7 Å². The lowest BCUT2D eigenvalue weighted by Gasteiger charge is -2.17. The minimum absolute atomic E-state index is 0.0893. The van der Waals surface area contributed by atoms with E-state index in [2.05, 4.69) is 5.32 Å². The Kier molecular flexibility index (Phi) is 3.71. The Hall–Kier alpha value is -1.30. The van der Waals surface area contributed by atoms with Crippen LogP contribution in [0.25, 0.3) is 0 Å². The summed E-state index contributed by atoms with van der Waals surface area (Å²) in [5.41, 5.74) is -2.21. The maximum atomic E-state index is 12.2. The summed E-state index contributed by atoms with van der Waals surface area (Å²) < 4.78 is 0. The lowest BCUT2D eigenvalue weighted by Crippen LogP contribution is -2.35. The molecule has 0 heterocycles. The van der Waals surface area contributed by atoms with Crippen molar-refractivity contribution < 1.29 is 19.8 Å². The topological polar surface area (TPSA) is 86.6 Å². The highest BCUT2D eigenvalue weighted by Crippen LogP contribution is 2.64. The molecule has 108 valence electrons.